The number of likely N-dealkylation sites (N-methyl/N-ethyl adjacent to an activating group) is 1. The summed E-state index contributed by atoms with van der Waals surface area (Å²) in [5, 5.41) is 23.6. The minimum Gasteiger partial charge on any atom is -1.00 e. The second-order valence-electron chi connectivity index (χ2n) is 17.7. The number of nitrogens with zero attached hydrogens (tertiary/aromatic N) is 4. The fourth-order valence-electron chi connectivity index (χ4n) is 7.57. The highest BCUT2D eigenvalue weighted by atomic mass is 35.5. The molecule has 2 heterocycles. The average Bonchev–Trinajstić information content (AvgIpc) is 3.43. The summed E-state index contributed by atoms with van der Waals surface area (Å²) in [4.78, 5) is 59.8. The maximum atomic E-state index is 12.5. The van der Waals surface area contributed by atoms with E-state index in [1.807, 2.05) is 144 Å². The second kappa shape index (κ2) is 29.0. The Bertz CT molecular complexity index is 2920. The molecule has 7 aromatic rings. The zero-order chi connectivity index (χ0) is 55.4. The third-order valence-corrected chi connectivity index (χ3v) is 12.3. The van der Waals surface area contributed by atoms with E-state index in [1.165, 1.54) is 0 Å². The van der Waals surface area contributed by atoms with Gasteiger partial charge in [0.05, 0.1) is 31.4 Å². The minimum absolute atomic E-state index is 0. The molecule has 1 aliphatic heterocycles. The molecule has 1 atom stereocenters. The van der Waals surface area contributed by atoms with Gasteiger partial charge in [0, 0.05) is 25.2 Å². The summed E-state index contributed by atoms with van der Waals surface area (Å²) in [6.45, 7) is 16.5. The molecular formula is C61H67ClN6O7. The number of quaternary nitrogens is 1. The van der Waals surface area contributed by atoms with Crippen molar-refractivity contribution in [3.8, 4) is 0 Å². The molecule has 4 N–H and O–H groups in total. The van der Waals surface area contributed by atoms with Crippen LogP contribution in [0.15, 0.2) is 158 Å². The van der Waals surface area contributed by atoms with Crippen molar-refractivity contribution in [2.45, 2.75) is 61.8 Å². The SMILES string of the molecule is C/C(=C(/C)c1ccc(C(=O)Nc2ccccc2)cc1)c1ccc(C(=O)Nc2ccccc2)cc1.C/C(=C(/C)c1ccc(C(=O)O)cc1)c1ccc(C(=O)O)cc1.Cc1nc(C)nc([N+]2(C)CCOCC2)n1.[2H]C([3H])CC.[Cl-]. The van der Waals surface area contributed by atoms with Crippen molar-refractivity contribution in [2.75, 3.05) is 44.0 Å². The smallest absolute Gasteiger partial charge is 0.335 e. The number of nitrogens with one attached hydrogen (secondary N) is 2. The Kier molecular flexibility index (Phi) is 21.7. The highest BCUT2D eigenvalue weighted by molar-refractivity contribution is 6.05. The first-order valence-electron chi connectivity index (χ1n) is 25.4. The topological polar surface area (TPSA) is 181 Å². The van der Waals surface area contributed by atoms with E-state index in [0.717, 1.165) is 104 Å². The molecule has 8 rings (SSSR count). The van der Waals surface area contributed by atoms with E-state index in [-0.39, 0.29) is 35.3 Å². The van der Waals surface area contributed by atoms with Gasteiger partial charge in [-0.2, -0.15) is 9.97 Å². The Morgan fingerprint density at radius 2 is 0.813 bits per heavy atom. The third kappa shape index (κ3) is 17.5. The van der Waals surface area contributed by atoms with Crippen LogP contribution in [0.5, 0.6) is 0 Å². The molecular weight excluding hydrogens is 964 g/mol. The van der Waals surface area contributed by atoms with Crippen LogP contribution in [-0.2, 0) is 4.74 Å². The van der Waals surface area contributed by atoms with E-state index in [4.69, 9.17) is 17.7 Å². The number of aryl methyl sites for hydroxylation is 2. The molecule has 1 aromatic heterocycles. The number of carboxylic acids is 2. The van der Waals surface area contributed by atoms with E-state index >= 15 is 0 Å². The molecule has 6 aromatic carbocycles. The van der Waals surface area contributed by atoms with Gasteiger partial charge in [-0.15, -0.1) is 0 Å². The number of hydrogen-bond acceptors (Lipinski definition) is 8. The molecule has 1 fully saturated rings. The molecule has 0 bridgehead atoms. The molecule has 13 nitrogen and oxygen atoms in total. The summed E-state index contributed by atoms with van der Waals surface area (Å²) in [5.74, 6) is 0.277. The molecule has 0 spiro atoms. The average molecular weight is 1030 g/mol. The van der Waals surface area contributed by atoms with Crippen LogP contribution in [0.3, 0.4) is 0 Å². The van der Waals surface area contributed by atoms with E-state index in [1.54, 1.807) is 48.5 Å². The number of morpholine rings is 1. The van der Waals surface area contributed by atoms with Crippen molar-refractivity contribution in [2.24, 2.45) is 0 Å². The number of allylic oxidation sites excluding steroid dienone is 4. The number of rotatable bonds is 11. The quantitative estimate of drug-likeness (QED) is 0.0719. The van der Waals surface area contributed by atoms with Gasteiger partial charge in [-0.3, -0.25) is 14.1 Å². The molecule has 1 aliphatic rings. The number of aromatic carboxylic acids is 2. The molecule has 0 saturated carbocycles. The van der Waals surface area contributed by atoms with Crippen molar-refractivity contribution in [3.05, 3.63) is 214 Å². The maximum Gasteiger partial charge on any atom is 0.335 e. The number of benzene rings is 6. The zero-order valence-electron chi connectivity index (χ0n) is 45.7. The Morgan fingerprint density at radius 3 is 1.09 bits per heavy atom. The lowest BCUT2D eigenvalue weighted by atomic mass is 9.95. The summed E-state index contributed by atoms with van der Waals surface area (Å²) in [6, 6.07) is 47.4. The van der Waals surface area contributed by atoms with Gasteiger partial charge in [-0.1, -0.05) is 105 Å². The van der Waals surface area contributed by atoms with Gasteiger partial charge in [0.25, 0.3) is 11.8 Å². The lowest BCUT2D eigenvalue weighted by Crippen LogP contribution is -3.00. The van der Waals surface area contributed by atoms with Gasteiger partial charge in [0.2, 0.25) is 0 Å². The summed E-state index contributed by atoms with van der Waals surface area (Å²) >= 11 is 0. The monoisotopic (exact) mass is 1030 g/mol. The molecule has 0 aliphatic carbocycles. The van der Waals surface area contributed by atoms with E-state index in [9.17, 15) is 19.2 Å². The summed E-state index contributed by atoms with van der Waals surface area (Å²) in [5.41, 5.74) is 11.4. The van der Waals surface area contributed by atoms with Gasteiger partial charge in [-0.05, 0) is 159 Å². The molecule has 1 unspecified atom stereocenters. The number of aromatic nitrogens is 3. The number of para-hydroxylation sites is 2. The summed E-state index contributed by atoms with van der Waals surface area (Å²) in [7, 11) is 2.15. The first kappa shape index (κ1) is 56.2. The zero-order valence-corrected chi connectivity index (χ0v) is 44.5. The number of hydrogen-bond donors (Lipinski definition) is 4. The maximum absolute atomic E-state index is 12.5. The lowest BCUT2D eigenvalue weighted by molar-refractivity contribution is -0.0000610. The number of amides is 2. The van der Waals surface area contributed by atoms with Crippen LogP contribution in [0.4, 0.5) is 17.3 Å². The predicted octanol–water partition coefficient (Wildman–Crippen LogP) is 10.1. The molecule has 0 radical (unpaired) electrons. The largest absolute Gasteiger partial charge is 1.00 e. The van der Waals surface area contributed by atoms with Gasteiger partial charge in [0.15, 0.2) is 0 Å². The number of carboxylic acid groups (broad SMARTS) is 2. The fraction of sp³-hybridized carbons (Fsp3) is 0.230. The second-order valence-corrected chi connectivity index (χ2v) is 17.7. The fourth-order valence-corrected chi connectivity index (χ4v) is 7.57. The first-order valence-corrected chi connectivity index (χ1v) is 24.2. The predicted molar refractivity (Wildman–Crippen MR) is 298 cm³/mol. The Labute approximate surface area is 449 Å². The van der Waals surface area contributed by atoms with Crippen LogP contribution in [0.1, 0.15) is 126 Å². The summed E-state index contributed by atoms with van der Waals surface area (Å²) in [6.07, 6.45) is 0.639. The normalized spacial score (nSPS) is 13.7. The number of halogens is 1. The molecule has 2 amide bonds. The van der Waals surface area contributed by atoms with Gasteiger partial charge in [0.1, 0.15) is 24.7 Å². The van der Waals surface area contributed by atoms with E-state index < -0.39 is 18.8 Å². The molecule has 75 heavy (non-hydrogen) atoms. The number of carbonyl (C=O) groups is 4. The molecule has 14 heteroatoms. The van der Waals surface area contributed by atoms with Crippen molar-refractivity contribution < 1.29 is 49.3 Å². The number of anilines is 2. The number of ether oxygens (including phenoxy) is 1. The van der Waals surface area contributed by atoms with Crippen LogP contribution >= 0.6 is 0 Å². The lowest BCUT2D eigenvalue weighted by Gasteiger charge is -2.34. The number of carbonyl (C=O) groups excluding carboxylic acids is 2. The van der Waals surface area contributed by atoms with Crippen molar-refractivity contribution in [1.82, 2.24) is 19.4 Å². The molecule has 390 valence electrons. The van der Waals surface area contributed by atoms with Crippen LogP contribution in [0.25, 0.3) is 22.3 Å². The van der Waals surface area contributed by atoms with Gasteiger partial charge >= 0.3 is 17.9 Å². The van der Waals surface area contributed by atoms with Crippen LogP contribution in [0.2, 0.25) is 0 Å². The van der Waals surface area contributed by atoms with Crippen LogP contribution < -0.4 is 27.5 Å². The van der Waals surface area contributed by atoms with Crippen LogP contribution in [0, 0.1) is 13.8 Å². The van der Waals surface area contributed by atoms with Gasteiger partial charge in [-0.25, -0.2) is 14.6 Å². The third-order valence-electron chi connectivity index (χ3n) is 12.3. The summed E-state index contributed by atoms with van der Waals surface area (Å²) < 4.78 is 19.1. The minimum atomic E-state index is -0.950. The van der Waals surface area contributed by atoms with Crippen molar-refractivity contribution in [3.63, 3.8) is 0 Å². The standard InChI is InChI=1S/C30H26N2O2.C18H16O4.C10H17N4O.C3H8.ClH/c1-21(23-13-17-25(18-14-23)29(33)31-27-9-5-3-6-10-27)22(2)24-15-19-26(20-16-24)30(34)32-28-11-7-4-8-12-28;1-11(13-3-7-15(8-4-13)17(19)20)12(2)14-5-9-16(10-6-14)18(21)22;1-8-11-9(2)13-10(12-8)14(3)4-6-15-7-5-14;1-3-2;/h3-20H,1-2H3,(H,31,33)(H,32,34);3-10H,1-2H3,(H,19,20)(H,21,22);4-7H2,1-3H3;3H2,1-2H3;1H/q;;+1;;/p-1/b22-21+;12-11+;;;/i;;;1TD;. The Hall–Kier alpha value is -8.10. The van der Waals surface area contributed by atoms with Crippen LogP contribution in [-0.4, -0.2) is 82.3 Å². The van der Waals surface area contributed by atoms with Crippen molar-refractivity contribution in [1.29, 1.82) is 0 Å². The highest BCUT2D eigenvalue weighted by Gasteiger charge is 2.31. The van der Waals surface area contributed by atoms with E-state index in [0.29, 0.717) is 17.5 Å². The first-order chi connectivity index (χ1) is 36.3. The molecule has 1 saturated heterocycles. The highest BCUT2D eigenvalue weighted by Crippen LogP contribution is 2.28. The Balaban J connectivity index is 0.000000255. The Morgan fingerprint density at radius 1 is 0.533 bits per heavy atom. The van der Waals surface area contributed by atoms with Crippen molar-refractivity contribution >= 4 is 63.4 Å². The van der Waals surface area contributed by atoms with Gasteiger partial charge < -0.3 is 38.0 Å². The van der Waals surface area contributed by atoms with E-state index in [2.05, 4.69) is 46.5 Å².